The minimum absolute atomic E-state index is 0.598. The SMILES string of the molecule is C[C@@H]1O[C@@H](O[C@H]2[C@H](O[C@@H]3O[C@H](CO)[C@H](O)[C@H](O)[C@H]3O)[C@@H](CO)O[C@@H]2CO)[C@@H](O)[C@H](O)[C@@H]1O. The minimum atomic E-state index is -1.74. The Morgan fingerprint density at radius 3 is 1.44 bits per heavy atom. The van der Waals surface area contributed by atoms with E-state index in [1.807, 2.05) is 0 Å². The van der Waals surface area contributed by atoms with Crippen LogP contribution in [-0.4, -0.2) is 152 Å². The molecule has 0 bridgehead atoms. The summed E-state index contributed by atoms with van der Waals surface area (Å²) in [4.78, 5) is 0. The predicted octanol–water partition coefficient (Wildman–Crippen LogP) is -5.86. The van der Waals surface area contributed by atoms with Crippen molar-refractivity contribution in [3.63, 3.8) is 0 Å². The van der Waals surface area contributed by atoms with E-state index < -0.39 is 106 Å². The van der Waals surface area contributed by atoms with E-state index in [2.05, 4.69) is 0 Å². The average Bonchev–Trinajstić information content (AvgIpc) is 3.12. The molecule has 0 aromatic heterocycles. The quantitative estimate of drug-likeness (QED) is 0.168. The van der Waals surface area contributed by atoms with Crippen molar-refractivity contribution in [2.24, 2.45) is 0 Å². The van der Waals surface area contributed by atoms with Crippen LogP contribution >= 0.6 is 0 Å². The van der Waals surface area contributed by atoms with E-state index in [1.54, 1.807) is 0 Å². The largest absolute Gasteiger partial charge is 0.394 e. The zero-order chi connectivity index (χ0) is 23.7. The van der Waals surface area contributed by atoms with Gasteiger partial charge in [-0.05, 0) is 6.92 Å². The van der Waals surface area contributed by atoms with Gasteiger partial charge in [0, 0.05) is 0 Å². The van der Waals surface area contributed by atoms with Crippen LogP contribution in [0.15, 0.2) is 0 Å². The first-order valence-corrected chi connectivity index (χ1v) is 10.3. The fourth-order valence-corrected chi connectivity index (χ4v) is 4.04. The molecular weight excluding hydrogens is 440 g/mol. The topological polar surface area (TPSA) is 228 Å². The summed E-state index contributed by atoms with van der Waals surface area (Å²) >= 11 is 0. The Bertz CT molecular complexity index is 594. The van der Waals surface area contributed by atoms with Gasteiger partial charge in [0.2, 0.25) is 0 Å². The number of aliphatic hydroxyl groups is 9. The molecule has 3 fully saturated rings. The second-order valence-corrected chi connectivity index (χ2v) is 8.16. The fraction of sp³-hybridized carbons (Fsp3) is 1.00. The molecule has 3 aliphatic heterocycles. The molecule has 3 saturated heterocycles. The molecule has 0 aromatic rings. The molecule has 0 radical (unpaired) electrons. The van der Waals surface area contributed by atoms with Gasteiger partial charge in [0.15, 0.2) is 12.6 Å². The summed E-state index contributed by atoms with van der Waals surface area (Å²) in [6.07, 6.45) is -19.5. The highest BCUT2D eigenvalue weighted by Crippen LogP contribution is 2.33. The van der Waals surface area contributed by atoms with Crippen LogP contribution in [0.2, 0.25) is 0 Å². The van der Waals surface area contributed by atoms with Crippen LogP contribution in [0.25, 0.3) is 0 Å². The standard InChI is InChI=1S/C18H32O14/c1-5-9(22)11(24)13(26)17(28-5)31-15-7(3-20)29-8(4-21)16(15)32-18-14(27)12(25)10(23)6(2-19)30-18/h5-27H,2-4H2,1H3/t5-,6+,7+,8+,9+,10-,11+,12-,13-,14+,15+,16+,17-,18-/m0/s1. The van der Waals surface area contributed by atoms with Crippen LogP contribution in [0.5, 0.6) is 0 Å². The maximum Gasteiger partial charge on any atom is 0.187 e. The first kappa shape index (κ1) is 26.1. The Balaban J connectivity index is 1.79. The molecule has 14 heteroatoms. The molecule has 0 amide bonds. The summed E-state index contributed by atoms with van der Waals surface area (Å²) in [5, 5.41) is 89.0. The molecule has 32 heavy (non-hydrogen) atoms. The zero-order valence-corrected chi connectivity index (χ0v) is 17.3. The van der Waals surface area contributed by atoms with Crippen LogP contribution in [0.1, 0.15) is 6.92 Å². The molecule has 188 valence electrons. The van der Waals surface area contributed by atoms with Crippen molar-refractivity contribution >= 4 is 0 Å². The van der Waals surface area contributed by atoms with Gasteiger partial charge in [-0.2, -0.15) is 0 Å². The smallest absolute Gasteiger partial charge is 0.187 e. The molecule has 3 heterocycles. The fourth-order valence-electron chi connectivity index (χ4n) is 4.04. The monoisotopic (exact) mass is 472 g/mol. The van der Waals surface area contributed by atoms with Crippen molar-refractivity contribution in [1.82, 2.24) is 0 Å². The van der Waals surface area contributed by atoms with Crippen molar-refractivity contribution in [2.45, 2.75) is 92.8 Å². The van der Waals surface area contributed by atoms with Crippen molar-refractivity contribution in [3.05, 3.63) is 0 Å². The van der Waals surface area contributed by atoms with E-state index in [0.717, 1.165) is 0 Å². The zero-order valence-electron chi connectivity index (χ0n) is 17.3. The summed E-state index contributed by atoms with van der Waals surface area (Å²) in [7, 11) is 0. The third kappa shape index (κ3) is 4.94. The van der Waals surface area contributed by atoms with E-state index in [1.165, 1.54) is 6.92 Å². The van der Waals surface area contributed by atoms with Crippen LogP contribution in [0, 0.1) is 0 Å². The van der Waals surface area contributed by atoms with E-state index in [-0.39, 0.29) is 0 Å². The third-order valence-corrected chi connectivity index (χ3v) is 6.01. The lowest BCUT2D eigenvalue weighted by Crippen LogP contribution is -2.61. The Labute approximate surface area is 183 Å². The van der Waals surface area contributed by atoms with Gasteiger partial charge in [0.05, 0.1) is 25.9 Å². The lowest BCUT2D eigenvalue weighted by atomic mass is 9.98. The second-order valence-electron chi connectivity index (χ2n) is 8.16. The molecule has 0 saturated carbocycles. The van der Waals surface area contributed by atoms with E-state index >= 15 is 0 Å². The van der Waals surface area contributed by atoms with Crippen molar-refractivity contribution in [1.29, 1.82) is 0 Å². The number of hydrogen-bond donors (Lipinski definition) is 9. The van der Waals surface area contributed by atoms with E-state index in [0.29, 0.717) is 0 Å². The highest BCUT2D eigenvalue weighted by atomic mass is 16.8. The van der Waals surface area contributed by atoms with Crippen LogP contribution < -0.4 is 0 Å². The Morgan fingerprint density at radius 1 is 0.531 bits per heavy atom. The highest BCUT2D eigenvalue weighted by molar-refractivity contribution is 4.97. The van der Waals surface area contributed by atoms with Crippen LogP contribution in [0.3, 0.4) is 0 Å². The first-order chi connectivity index (χ1) is 15.1. The lowest BCUT2D eigenvalue weighted by Gasteiger charge is -2.43. The molecule has 0 aromatic carbocycles. The molecule has 3 rings (SSSR count). The first-order valence-electron chi connectivity index (χ1n) is 10.3. The summed E-state index contributed by atoms with van der Waals surface area (Å²) in [6.45, 7) is -0.443. The molecule has 0 aliphatic carbocycles. The lowest BCUT2D eigenvalue weighted by molar-refractivity contribution is -0.336. The summed E-state index contributed by atoms with van der Waals surface area (Å²) in [5.41, 5.74) is 0. The number of ether oxygens (including phenoxy) is 5. The second kappa shape index (κ2) is 10.8. The molecule has 14 nitrogen and oxygen atoms in total. The molecule has 0 spiro atoms. The van der Waals surface area contributed by atoms with Crippen molar-refractivity contribution in [3.8, 4) is 0 Å². The van der Waals surface area contributed by atoms with E-state index in [4.69, 9.17) is 23.7 Å². The highest BCUT2D eigenvalue weighted by Gasteiger charge is 2.53. The Morgan fingerprint density at radius 2 is 0.969 bits per heavy atom. The molecule has 9 N–H and O–H groups in total. The minimum Gasteiger partial charge on any atom is -0.394 e. The van der Waals surface area contributed by atoms with Gasteiger partial charge in [0.1, 0.15) is 67.1 Å². The van der Waals surface area contributed by atoms with Gasteiger partial charge in [-0.15, -0.1) is 0 Å². The van der Waals surface area contributed by atoms with Gasteiger partial charge < -0.3 is 69.6 Å². The van der Waals surface area contributed by atoms with Crippen molar-refractivity contribution < 1.29 is 69.6 Å². The number of rotatable bonds is 7. The summed E-state index contributed by atoms with van der Waals surface area (Å²) in [6, 6.07) is 0. The number of hydrogen-bond acceptors (Lipinski definition) is 14. The molecule has 14 atom stereocenters. The summed E-state index contributed by atoms with van der Waals surface area (Å²) in [5.74, 6) is 0. The Hall–Kier alpha value is -0.560. The summed E-state index contributed by atoms with van der Waals surface area (Å²) < 4.78 is 27.7. The molecule has 0 unspecified atom stereocenters. The Kier molecular flexibility index (Phi) is 8.79. The van der Waals surface area contributed by atoms with Gasteiger partial charge in [-0.3, -0.25) is 0 Å². The predicted molar refractivity (Wildman–Crippen MR) is 98.7 cm³/mol. The average molecular weight is 472 g/mol. The maximum atomic E-state index is 10.3. The third-order valence-electron chi connectivity index (χ3n) is 6.01. The van der Waals surface area contributed by atoms with Crippen LogP contribution in [-0.2, 0) is 23.7 Å². The van der Waals surface area contributed by atoms with Gasteiger partial charge in [-0.25, -0.2) is 0 Å². The van der Waals surface area contributed by atoms with Gasteiger partial charge >= 0.3 is 0 Å². The maximum absolute atomic E-state index is 10.3. The number of aliphatic hydroxyl groups excluding tert-OH is 9. The van der Waals surface area contributed by atoms with Gasteiger partial charge in [-0.1, -0.05) is 0 Å². The molecule has 3 aliphatic rings. The normalized spacial score (nSPS) is 52.3. The molecular formula is C18H32O14. The van der Waals surface area contributed by atoms with Gasteiger partial charge in [0.25, 0.3) is 0 Å². The van der Waals surface area contributed by atoms with E-state index in [9.17, 15) is 46.0 Å². The van der Waals surface area contributed by atoms with Crippen molar-refractivity contribution in [2.75, 3.05) is 19.8 Å². The van der Waals surface area contributed by atoms with Crippen LogP contribution in [0.4, 0.5) is 0 Å².